The molecule has 21 heavy (non-hydrogen) atoms. The van der Waals surface area contributed by atoms with Gasteiger partial charge in [0.05, 0.1) is 0 Å². The van der Waals surface area contributed by atoms with Gasteiger partial charge in [0.1, 0.15) is 0 Å². The number of hydrogen-bond donors (Lipinski definition) is 0. The van der Waals surface area contributed by atoms with Gasteiger partial charge in [0.25, 0.3) is 0 Å². The quantitative estimate of drug-likeness (QED) is 0.767. The molecule has 3 heteroatoms. The van der Waals surface area contributed by atoms with E-state index >= 15 is 0 Å². The first-order valence-corrected chi connectivity index (χ1v) is 8.55. The molecular weight excluding hydrogens is 280 g/mol. The van der Waals surface area contributed by atoms with Crippen molar-refractivity contribution >= 4 is 22.5 Å². The van der Waals surface area contributed by atoms with Crippen molar-refractivity contribution in [3.63, 3.8) is 0 Å². The van der Waals surface area contributed by atoms with Gasteiger partial charge >= 0.3 is 0 Å². The van der Waals surface area contributed by atoms with Crippen LogP contribution in [-0.2, 0) is 13.5 Å². The van der Waals surface area contributed by atoms with Crippen LogP contribution in [0.4, 0.5) is 0 Å². The maximum absolute atomic E-state index is 6.00. The number of alkyl halides is 1. The summed E-state index contributed by atoms with van der Waals surface area (Å²) in [4.78, 5) is 2.58. The number of hydrogen-bond acceptors (Lipinski definition) is 1. The summed E-state index contributed by atoms with van der Waals surface area (Å²) in [6, 6.07) is 7.51. The number of likely N-dealkylation sites (N-methyl/N-ethyl adjacent to an activating group) is 1. The predicted molar refractivity (Wildman–Crippen MR) is 89.2 cm³/mol. The van der Waals surface area contributed by atoms with Crippen molar-refractivity contribution in [1.29, 1.82) is 0 Å². The predicted octanol–water partition coefficient (Wildman–Crippen LogP) is 3.77. The number of rotatable bonds is 2. The number of aromatic nitrogens is 1. The molecule has 1 unspecified atom stereocenters. The summed E-state index contributed by atoms with van der Waals surface area (Å²) >= 11 is 6.00. The highest BCUT2D eigenvalue weighted by Gasteiger charge is 2.39. The second-order valence-electron chi connectivity index (χ2n) is 6.90. The maximum atomic E-state index is 6.00. The van der Waals surface area contributed by atoms with E-state index in [4.69, 9.17) is 11.6 Å². The summed E-state index contributed by atoms with van der Waals surface area (Å²) in [5.41, 5.74) is 4.50. The highest BCUT2D eigenvalue weighted by atomic mass is 35.5. The Morgan fingerprint density at radius 1 is 1.29 bits per heavy atom. The van der Waals surface area contributed by atoms with Crippen molar-refractivity contribution in [1.82, 2.24) is 9.47 Å². The first-order chi connectivity index (χ1) is 10.2. The lowest BCUT2D eigenvalue weighted by molar-refractivity contribution is 0.110. The molecule has 3 atom stereocenters. The van der Waals surface area contributed by atoms with Crippen LogP contribution in [0.3, 0.4) is 0 Å². The first kappa shape index (κ1) is 13.7. The Bertz CT molecular complexity index is 675. The van der Waals surface area contributed by atoms with E-state index in [0.717, 1.165) is 18.2 Å². The zero-order valence-corrected chi connectivity index (χ0v) is 13.6. The Morgan fingerprint density at radius 2 is 2.14 bits per heavy atom. The van der Waals surface area contributed by atoms with Crippen LogP contribution in [0.15, 0.2) is 24.4 Å². The van der Waals surface area contributed by atoms with Crippen molar-refractivity contribution in [2.75, 3.05) is 19.5 Å². The van der Waals surface area contributed by atoms with E-state index in [9.17, 15) is 0 Å². The van der Waals surface area contributed by atoms with Gasteiger partial charge in [0.15, 0.2) is 0 Å². The van der Waals surface area contributed by atoms with Crippen LogP contribution < -0.4 is 0 Å². The summed E-state index contributed by atoms with van der Waals surface area (Å²) in [5.74, 6) is 2.21. The third-order valence-corrected chi connectivity index (χ3v) is 5.85. The van der Waals surface area contributed by atoms with Crippen molar-refractivity contribution in [3.05, 3.63) is 35.5 Å². The van der Waals surface area contributed by atoms with Crippen LogP contribution in [0, 0.1) is 5.92 Å². The molecule has 2 nitrogen and oxygen atoms in total. The summed E-state index contributed by atoms with van der Waals surface area (Å²) in [5, 5.41) is 1.53. The van der Waals surface area contributed by atoms with Crippen LogP contribution in [0.25, 0.3) is 10.9 Å². The van der Waals surface area contributed by atoms with Crippen LogP contribution in [0.5, 0.6) is 0 Å². The third-order valence-electron chi connectivity index (χ3n) is 5.64. The minimum absolute atomic E-state index is 0.664. The van der Waals surface area contributed by atoms with E-state index in [0.29, 0.717) is 12.0 Å². The number of halogens is 1. The lowest BCUT2D eigenvalue weighted by atomic mass is 9.72. The third kappa shape index (κ3) is 2.03. The van der Waals surface area contributed by atoms with E-state index in [-0.39, 0.29) is 0 Å². The van der Waals surface area contributed by atoms with E-state index in [1.165, 1.54) is 35.9 Å². The molecule has 1 aromatic carbocycles. The van der Waals surface area contributed by atoms with Gasteiger partial charge < -0.3 is 9.47 Å². The van der Waals surface area contributed by atoms with E-state index in [1.54, 1.807) is 5.56 Å². The maximum Gasteiger partial charge on any atom is 0.0483 e. The van der Waals surface area contributed by atoms with Crippen molar-refractivity contribution in [2.45, 2.75) is 31.2 Å². The molecule has 112 valence electrons. The molecule has 0 amide bonds. The van der Waals surface area contributed by atoms with Gasteiger partial charge in [-0.15, -0.1) is 11.6 Å². The number of piperidine rings is 1. The Hall–Kier alpha value is -0.990. The summed E-state index contributed by atoms with van der Waals surface area (Å²) in [6.07, 6.45) is 5.98. The Labute approximate surface area is 131 Å². The Balaban J connectivity index is 1.82. The zero-order valence-electron chi connectivity index (χ0n) is 12.8. The van der Waals surface area contributed by atoms with Gasteiger partial charge in [0.2, 0.25) is 0 Å². The van der Waals surface area contributed by atoms with Crippen LogP contribution >= 0.6 is 11.6 Å². The fourth-order valence-electron chi connectivity index (χ4n) is 4.69. The van der Waals surface area contributed by atoms with Crippen molar-refractivity contribution < 1.29 is 0 Å². The minimum atomic E-state index is 0.664. The smallest absolute Gasteiger partial charge is 0.0483 e. The molecule has 2 heterocycles. The number of fused-ring (bicyclic) bond motifs is 2. The standard InChI is InChI=1S/C18H23ClN2/c1-20-10-12(6-7-19)8-15-14-4-3-5-16-18(14)13(9-17(15)20)11-21(16)2/h3-5,11-12,15,17H,6-10H2,1-2H3/t12?,15-,17-/m1/s1. The monoisotopic (exact) mass is 302 g/mol. The minimum Gasteiger partial charge on any atom is -0.350 e. The summed E-state index contributed by atoms with van der Waals surface area (Å²) < 4.78 is 2.29. The van der Waals surface area contributed by atoms with Crippen LogP contribution in [0.2, 0.25) is 0 Å². The molecule has 0 N–H and O–H groups in total. The number of likely N-dealkylation sites (tertiary alicyclic amines) is 1. The molecule has 0 bridgehead atoms. The van der Waals surface area contributed by atoms with Gasteiger partial charge in [-0.2, -0.15) is 0 Å². The first-order valence-electron chi connectivity index (χ1n) is 8.02. The molecule has 4 rings (SSSR count). The van der Waals surface area contributed by atoms with Crippen molar-refractivity contribution in [3.8, 4) is 0 Å². The van der Waals surface area contributed by atoms with Crippen LogP contribution in [-0.4, -0.2) is 35.0 Å². The lowest BCUT2D eigenvalue weighted by Crippen LogP contribution is -2.47. The second-order valence-corrected chi connectivity index (χ2v) is 7.28. The largest absolute Gasteiger partial charge is 0.350 e. The highest BCUT2D eigenvalue weighted by Crippen LogP contribution is 2.45. The SMILES string of the molecule is CN1CC(CCCl)C[C@@H]2c3cccc4c3c(cn4C)C[C@H]21. The molecule has 2 aliphatic rings. The van der Waals surface area contributed by atoms with Gasteiger partial charge in [0, 0.05) is 48.5 Å². The average Bonchev–Trinajstić information content (AvgIpc) is 2.79. The van der Waals surface area contributed by atoms with E-state index in [2.05, 4.69) is 48.0 Å². The molecule has 0 radical (unpaired) electrons. The Kier molecular flexibility index (Phi) is 3.27. The Morgan fingerprint density at radius 3 is 2.95 bits per heavy atom. The summed E-state index contributed by atoms with van der Waals surface area (Å²) in [7, 11) is 4.47. The molecule has 1 aromatic heterocycles. The van der Waals surface area contributed by atoms with Crippen LogP contribution in [0.1, 0.15) is 29.9 Å². The molecule has 0 spiro atoms. The lowest BCUT2D eigenvalue weighted by Gasteiger charge is -2.45. The second kappa shape index (κ2) is 5.03. The number of aryl methyl sites for hydroxylation is 1. The fraction of sp³-hybridized carbons (Fsp3) is 0.556. The summed E-state index contributed by atoms with van der Waals surface area (Å²) in [6.45, 7) is 1.20. The molecule has 1 saturated heterocycles. The van der Waals surface area contributed by atoms with E-state index in [1.807, 2.05) is 0 Å². The molecule has 1 fully saturated rings. The molecular formula is C18H23ClN2. The highest BCUT2D eigenvalue weighted by molar-refractivity contribution is 6.17. The topological polar surface area (TPSA) is 8.17 Å². The normalized spacial score (nSPS) is 28.8. The van der Waals surface area contributed by atoms with Gasteiger partial charge in [-0.3, -0.25) is 0 Å². The van der Waals surface area contributed by atoms with Gasteiger partial charge in [-0.05, 0) is 49.4 Å². The molecule has 2 aromatic rings. The number of benzene rings is 1. The molecule has 1 aliphatic carbocycles. The molecule has 0 saturated carbocycles. The van der Waals surface area contributed by atoms with E-state index < -0.39 is 0 Å². The van der Waals surface area contributed by atoms with Gasteiger partial charge in [-0.25, -0.2) is 0 Å². The zero-order chi connectivity index (χ0) is 14.6. The average molecular weight is 303 g/mol. The fourth-order valence-corrected chi connectivity index (χ4v) is 5.00. The number of nitrogens with zero attached hydrogens (tertiary/aromatic N) is 2. The van der Waals surface area contributed by atoms with Crippen molar-refractivity contribution in [2.24, 2.45) is 13.0 Å². The van der Waals surface area contributed by atoms with Gasteiger partial charge in [-0.1, -0.05) is 12.1 Å². The molecule has 1 aliphatic heterocycles.